The minimum atomic E-state index is -0.722. The molecule has 82 valence electrons. The molecule has 0 bridgehead atoms. The van der Waals surface area contributed by atoms with Crippen LogP contribution in [-0.2, 0) is 4.79 Å². The van der Waals surface area contributed by atoms with Crippen LogP contribution in [0.4, 0.5) is 0 Å². The lowest BCUT2D eigenvalue weighted by molar-refractivity contribution is -0.136. The second-order valence-corrected chi connectivity index (χ2v) is 4.86. The SMILES string of the molecule is CCN(CC1CCC1)C(=O)C(C)(C)N. The number of nitrogens with zero attached hydrogens (tertiary/aromatic N) is 1. The van der Waals surface area contributed by atoms with E-state index in [1.807, 2.05) is 11.8 Å². The monoisotopic (exact) mass is 198 g/mol. The summed E-state index contributed by atoms with van der Waals surface area (Å²) in [5, 5.41) is 0. The van der Waals surface area contributed by atoms with Crippen LogP contribution < -0.4 is 5.73 Å². The van der Waals surface area contributed by atoms with E-state index < -0.39 is 5.54 Å². The maximum Gasteiger partial charge on any atom is 0.242 e. The Bertz CT molecular complexity index is 204. The van der Waals surface area contributed by atoms with Gasteiger partial charge in [0.05, 0.1) is 5.54 Å². The zero-order chi connectivity index (χ0) is 10.8. The fourth-order valence-electron chi connectivity index (χ4n) is 1.75. The van der Waals surface area contributed by atoms with Gasteiger partial charge in [-0.25, -0.2) is 0 Å². The molecule has 1 fully saturated rings. The van der Waals surface area contributed by atoms with E-state index in [1.54, 1.807) is 13.8 Å². The van der Waals surface area contributed by atoms with Crippen molar-refractivity contribution in [3.63, 3.8) is 0 Å². The standard InChI is InChI=1S/C11H22N2O/c1-4-13(8-9-6-5-7-9)10(14)11(2,3)12/h9H,4-8,12H2,1-3H3. The predicted molar refractivity (Wildman–Crippen MR) is 57.9 cm³/mol. The van der Waals surface area contributed by atoms with Crippen molar-refractivity contribution in [2.24, 2.45) is 11.7 Å². The Labute approximate surface area is 86.6 Å². The molecule has 0 heterocycles. The van der Waals surface area contributed by atoms with Gasteiger partial charge in [-0.2, -0.15) is 0 Å². The molecule has 1 amide bonds. The van der Waals surface area contributed by atoms with Gasteiger partial charge >= 0.3 is 0 Å². The molecule has 0 radical (unpaired) electrons. The van der Waals surface area contributed by atoms with Gasteiger partial charge in [0.25, 0.3) is 0 Å². The molecular weight excluding hydrogens is 176 g/mol. The first-order chi connectivity index (χ1) is 6.45. The fraction of sp³-hybridized carbons (Fsp3) is 0.909. The van der Waals surface area contributed by atoms with Gasteiger partial charge in [0, 0.05) is 13.1 Å². The third-order valence-corrected chi connectivity index (χ3v) is 2.92. The van der Waals surface area contributed by atoms with E-state index in [2.05, 4.69) is 0 Å². The molecular formula is C11H22N2O. The molecule has 1 saturated carbocycles. The summed E-state index contributed by atoms with van der Waals surface area (Å²) in [5.41, 5.74) is 5.08. The first-order valence-corrected chi connectivity index (χ1v) is 5.53. The highest BCUT2D eigenvalue weighted by Crippen LogP contribution is 2.27. The lowest BCUT2D eigenvalue weighted by atomic mass is 9.85. The summed E-state index contributed by atoms with van der Waals surface area (Å²) in [6.45, 7) is 7.24. The number of carbonyl (C=O) groups is 1. The molecule has 0 spiro atoms. The third kappa shape index (κ3) is 2.71. The van der Waals surface area contributed by atoms with Crippen LogP contribution in [0.5, 0.6) is 0 Å². The van der Waals surface area contributed by atoms with Crippen LogP contribution in [0.25, 0.3) is 0 Å². The Kier molecular flexibility index (Phi) is 3.53. The molecule has 1 rings (SSSR count). The molecule has 0 aromatic heterocycles. The van der Waals surface area contributed by atoms with E-state index in [4.69, 9.17) is 5.73 Å². The molecule has 1 aliphatic rings. The predicted octanol–water partition coefficient (Wildman–Crippen LogP) is 1.37. The number of hydrogen-bond donors (Lipinski definition) is 1. The Balaban J connectivity index is 2.47. The molecule has 1 aliphatic carbocycles. The summed E-state index contributed by atoms with van der Waals surface area (Å²) in [7, 11) is 0. The molecule has 3 nitrogen and oxygen atoms in total. The van der Waals surface area contributed by atoms with Gasteiger partial charge in [-0.05, 0) is 39.5 Å². The normalized spacial score (nSPS) is 17.7. The number of nitrogens with two attached hydrogens (primary N) is 1. The van der Waals surface area contributed by atoms with Gasteiger partial charge in [-0.3, -0.25) is 4.79 Å². The minimum absolute atomic E-state index is 0.0758. The Morgan fingerprint density at radius 1 is 1.50 bits per heavy atom. The van der Waals surface area contributed by atoms with Gasteiger partial charge in [0.1, 0.15) is 0 Å². The zero-order valence-corrected chi connectivity index (χ0v) is 9.55. The summed E-state index contributed by atoms with van der Waals surface area (Å²) in [5.74, 6) is 0.799. The summed E-state index contributed by atoms with van der Waals surface area (Å²) < 4.78 is 0. The van der Waals surface area contributed by atoms with Gasteiger partial charge in [-0.15, -0.1) is 0 Å². The van der Waals surface area contributed by atoms with Crippen LogP contribution in [0, 0.1) is 5.92 Å². The van der Waals surface area contributed by atoms with Crippen molar-refractivity contribution in [1.82, 2.24) is 4.90 Å². The van der Waals surface area contributed by atoms with E-state index in [0.717, 1.165) is 19.0 Å². The van der Waals surface area contributed by atoms with Crippen molar-refractivity contribution in [1.29, 1.82) is 0 Å². The summed E-state index contributed by atoms with van der Waals surface area (Å²) in [6.07, 6.45) is 3.87. The number of hydrogen-bond acceptors (Lipinski definition) is 2. The van der Waals surface area contributed by atoms with Crippen molar-refractivity contribution in [2.75, 3.05) is 13.1 Å². The minimum Gasteiger partial charge on any atom is -0.341 e. The zero-order valence-electron chi connectivity index (χ0n) is 9.55. The van der Waals surface area contributed by atoms with Gasteiger partial charge in [-0.1, -0.05) is 6.42 Å². The maximum atomic E-state index is 11.9. The van der Waals surface area contributed by atoms with Crippen LogP contribution in [-0.4, -0.2) is 29.4 Å². The van der Waals surface area contributed by atoms with Crippen molar-refractivity contribution in [3.05, 3.63) is 0 Å². The van der Waals surface area contributed by atoms with Gasteiger partial charge < -0.3 is 10.6 Å². The van der Waals surface area contributed by atoms with Crippen LogP contribution in [0.15, 0.2) is 0 Å². The van der Waals surface area contributed by atoms with Gasteiger partial charge in [0.15, 0.2) is 0 Å². The van der Waals surface area contributed by atoms with E-state index in [0.29, 0.717) is 0 Å². The number of amides is 1. The van der Waals surface area contributed by atoms with E-state index >= 15 is 0 Å². The molecule has 0 unspecified atom stereocenters. The third-order valence-electron chi connectivity index (χ3n) is 2.92. The summed E-state index contributed by atoms with van der Waals surface area (Å²) in [4.78, 5) is 13.8. The summed E-state index contributed by atoms with van der Waals surface area (Å²) >= 11 is 0. The highest BCUT2D eigenvalue weighted by molar-refractivity contribution is 5.85. The first kappa shape index (κ1) is 11.5. The largest absolute Gasteiger partial charge is 0.341 e. The smallest absolute Gasteiger partial charge is 0.242 e. The molecule has 0 aromatic rings. The van der Waals surface area contributed by atoms with E-state index in [1.165, 1.54) is 19.3 Å². The van der Waals surface area contributed by atoms with Gasteiger partial charge in [0.2, 0.25) is 5.91 Å². The van der Waals surface area contributed by atoms with E-state index in [9.17, 15) is 4.79 Å². The summed E-state index contributed by atoms with van der Waals surface area (Å²) in [6, 6.07) is 0. The Morgan fingerprint density at radius 2 is 2.07 bits per heavy atom. The molecule has 2 N–H and O–H groups in total. The van der Waals surface area contributed by atoms with Crippen LogP contribution in [0.1, 0.15) is 40.0 Å². The maximum absolute atomic E-state index is 11.9. The highest BCUT2D eigenvalue weighted by Gasteiger charge is 2.29. The average molecular weight is 198 g/mol. The molecule has 3 heteroatoms. The second kappa shape index (κ2) is 4.30. The highest BCUT2D eigenvalue weighted by atomic mass is 16.2. The topological polar surface area (TPSA) is 46.3 Å². The van der Waals surface area contributed by atoms with Crippen LogP contribution in [0.3, 0.4) is 0 Å². The molecule has 0 atom stereocenters. The second-order valence-electron chi connectivity index (χ2n) is 4.86. The molecule has 0 aliphatic heterocycles. The number of likely N-dealkylation sites (N-methyl/N-ethyl adjacent to an activating group) is 1. The van der Waals surface area contributed by atoms with Crippen molar-refractivity contribution in [2.45, 2.75) is 45.6 Å². The molecule has 0 aromatic carbocycles. The fourth-order valence-corrected chi connectivity index (χ4v) is 1.75. The Hall–Kier alpha value is -0.570. The quantitative estimate of drug-likeness (QED) is 0.741. The number of carbonyl (C=O) groups excluding carboxylic acids is 1. The van der Waals surface area contributed by atoms with E-state index in [-0.39, 0.29) is 5.91 Å². The average Bonchev–Trinajstić information content (AvgIpc) is 2.00. The molecule has 0 saturated heterocycles. The van der Waals surface area contributed by atoms with Crippen LogP contribution in [0.2, 0.25) is 0 Å². The lowest BCUT2D eigenvalue weighted by Gasteiger charge is -2.34. The molecule has 14 heavy (non-hydrogen) atoms. The number of rotatable bonds is 4. The van der Waals surface area contributed by atoms with Crippen molar-refractivity contribution < 1.29 is 4.79 Å². The first-order valence-electron chi connectivity index (χ1n) is 5.53. The van der Waals surface area contributed by atoms with Crippen LogP contribution >= 0.6 is 0 Å². The van der Waals surface area contributed by atoms with Crippen molar-refractivity contribution in [3.8, 4) is 0 Å². The van der Waals surface area contributed by atoms with Crippen molar-refractivity contribution >= 4 is 5.91 Å². The lowest BCUT2D eigenvalue weighted by Crippen LogP contribution is -2.52. The Morgan fingerprint density at radius 3 is 2.36 bits per heavy atom.